The van der Waals surface area contributed by atoms with Crippen LogP contribution in [-0.2, 0) is 16.1 Å². The third kappa shape index (κ3) is 5.62. The maximum atomic E-state index is 11.7. The first-order chi connectivity index (χ1) is 11.0. The number of nitrogens with zero attached hydrogens (tertiary/aromatic N) is 1. The van der Waals surface area contributed by atoms with Crippen molar-refractivity contribution in [2.75, 3.05) is 26.8 Å². The molecule has 1 aromatic rings. The largest absolute Gasteiger partial charge is 0.392 e. The lowest BCUT2D eigenvalue weighted by Gasteiger charge is -2.35. The molecule has 0 spiro atoms. The standard InChI is InChI=1S/C14H22N4O5/c1-23-3-2-12(20)15-9-4-11(19)8-18(6-9)7-10-5-13(21)17-14(22)16-10/h5,9,11,19H,2-4,6-8H2,1H3,(H,15,20)(H2,16,17,21,22)/t9-,11+/m0/s1. The van der Waals surface area contributed by atoms with Gasteiger partial charge in [-0.1, -0.05) is 0 Å². The van der Waals surface area contributed by atoms with E-state index in [4.69, 9.17) is 4.74 Å². The Labute approximate surface area is 132 Å². The molecule has 1 aliphatic heterocycles. The predicted molar refractivity (Wildman–Crippen MR) is 82.0 cm³/mol. The minimum atomic E-state index is -0.579. The van der Waals surface area contributed by atoms with E-state index in [-0.39, 0.29) is 18.4 Å². The fourth-order valence-corrected chi connectivity index (χ4v) is 2.74. The van der Waals surface area contributed by atoms with Crippen molar-refractivity contribution < 1.29 is 14.6 Å². The summed E-state index contributed by atoms with van der Waals surface area (Å²) in [4.78, 5) is 40.9. The first-order valence-corrected chi connectivity index (χ1v) is 7.47. The number of rotatable bonds is 6. The highest BCUT2D eigenvalue weighted by atomic mass is 16.5. The molecule has 0 bridgehead atoms. The molecule has 0 unspecified atom stereocenters. The summed E-state index contributed by atoms with van der Waals surface area (Å²) in [5, 5.41) is 12.8. The van der Waals surface area contributed by atoms with Gasteiger partial charge in [0.1, 0.15) is 0 Å². The van der Waals surface area contributed by atoms with Crippen molar-refractivity contribution in [3.63, 3.8) is 0 Å². The van der Waals surface area contributed by atoms with E-state index in [1.807, 2.05) is 4.90 Å². The molecule has 4 N–H and O–H groups in total. The Balaban J connectivity index is 1.95. The summed E-state index contributed by atoms with van der Waals surface area (Å²) in [6.45, 7) is 1.61. The van der Waals surface area contributed by atoms with Gasteiger partial charge in [0.05, 0.1) is 12.7 Å². The lowest BCUT2D eigenvalue weighted by molar-refractivity contribution is -0.123. The molecular weight excluding hydrogens is 304 g/mol. The van der Waals surface area contributed by atoms with Gasteiger partial charge in [-0.3, -0.25) is 19.5 Å². The number of aromatic amines is 2. The van der Waals surface area contributed by atoms with Gasteiger partial charge in [-0.15, -0.1) is 0 Å². The fourth-order valence-electron chi connectivity index (χ4n) is 2.74. The number of ether oxygens (including phenoxy) is 1. The molecule has 1 fully saturated rings. The molecule has 0 radical (unpaired) electrons. The van der Waals surface area contributed by atoms with Gasteiger partial charge in [0, 0.05) is 51.0 Å². The summed E-state index contributed by atoms with van der Waals surface area (Å²) in [5.74, 6) is -0.129. The zero-order chi connectivity index (χ0) is 16.8. The molecule has 0 saturated carbocycles. The van der Waals surface area contributed by atoms with Gasteiger partial charge in [0.15, 0.2) is 0 Å². The first kappa shape index (κ1) is 17.4. The molecular formula is C14H22N4O5. The summed E-state index contributed by atoms with van der Waals surface area (Å²) in [7, 11) is 1.53. The van der Waals surface area contributed by atoms with Crippen LogP contribution in [0.4, 0.5) is 0 Å². The maximum Gasteiger partial charge on any atom is 0.325 e. The smallest absolute Gasteiger partial charge is 0.325 e. The second kappa shape index (κ2) is 8.04. The Morgan fingerprint density at radius 3 is 2.91 bits per heavy atom. The second-order valence-electron chi connectivity index (χ2n) is 5.70. The number of H-pyrrole nitrogens is 2. The third-order valence-electron chi connectivity index (χ3n) is 3.61. The molecule has 2 atom stereocenters. The van der Waals surface area contributed by atoms with Gasteiger partial charge in [-0.25, -0.2) is 4.79 Å². The Hall–Kier alpha value is -1.97. The fraction of sp³-hybridized carbons (Fsp3) is 0.643. The van der Waals surface area contributed by atoms with E-state index in [0.717, 1.165) is 0 Å². The highest BCUT2D eigenvalue weighted by Gasteiger charge is 2.27. The Kier molecular flexibility index (Phi) is 6.08. The van der Waals surface area contributed by atoms with E-state index in [0.29, 0.717) is 38.4 Å². The molecule has 1 saturated heterocycles. The normalized spacial score (nSPS) is 22.0. The van der Waals surface area contributed by atoms with Crippen LogP contribution in [0, 0.1) is 0 Å². The van der Waals surface area contributed by atoms with Gasteiger partial charge in [0.2, 0.25) is 5.91 Å². The van der Waals surface area contributed by atoms with Crippen molar-refractivity contribution in [3.05, 3.63) is 32.6 Å². The van der Waals surface area contributed by atoms with E-state index >= 15 is 0 Å². The second-order valence-corrected chi connectivity index (χ2v) is 5.70. The van der Waals surface area contributed by atoms with Gasteiger partial charge >= 0.3 is 5.69 Å². The number of hydrogen-bond acceptors (Lipinski definition) is 6. The van der Waals surface area contributed by atoms with Gasteiger partial charge in [-0.05, 0) is 6.42 Å². The molecule has 23 heavy (non-hydrogen) atoms. The lowest BCUT2D eigenvalue weighted by atomic mass is 10.0. The van der Waals surface area contributed by atoms with E-state index in [2.05, 4.69) is 15.3 Å². The van der Waals surface area contributed by atoms with Crippen molar-refractivity contribution in [2.45, 2.75) is 31.5 Å². The highest BCUT2D eigenvalue weighted by molar-refractivity contribution is 5.76. The number of aliphatic hydroxyl groups excluding tert-OH is 1. The number of β-amino-alcohol motifs (C(OH)–C–C–N with tert-alkyl or cyclic N) is 1. The monoisotopic (exact) mass is 326 g/mol. The summed E-state index contributed by atoms with van der Waals surface area (Å²) >= 11 is 0. The van der Waals surface area contributed by atoms with Gasteiger partial charge < -0.3 is 20.1 Å². The Morgan fingerprint density at radius 1 is 1.43 bits per heavy atom. The van der Waals surface area contributed by atoms with Crippen molar-refractivity contribution >= 4 is 5.91 Å². The summed E-state index contributed by atoms with van der Waals surface area (Å²) in [5.41, 5.74) is -0.558. The molecule has 9 nitrogen and oxygen atoms in total. The number of methoxy groups -OCH3 is 1. The number of amides is 1. The number of piperidine rings is 1. The molecule has 0 aliphatic carbocycles. The van der Waals surface area contributed by atoms with Crippen molar-refractivity contribution in [1.29, 1.82) is 0 Å². The van der Waals surface area contributed by atoms with Crippen LogP contribution in [0.25, 0.3) is 0 Å². The van der Waals surface area contributed by atoms with Crippen LogP contribution in [0.3, 0.4) is 0 Å². The van der Waals surface area contributed by atoms with Crippen LogP contribution >= 0.6 is 0 Å². The SMILES string of the molecule is COCCC(=O)N[C@H]1C[C@@H](O)CN(Cc2cc(=O)[nH]c(=O)[nH]2)C1. The zero-order valence-corrected chi connectivity index (χ0v) is 13.0. The number of carbonyl (C=O) groups is 1. The van der Waals surface area contributed by atoms with E-state index in [1.165, 1.54) is 13.2 Å². The summed E-state index contributed by atoms with van der Waals surface area (Å²) < 4.78 is 4.86. The topological polar surface area (TPSA) is 128 Å². The average molecular weight is 326 g/mol. The van der Waals surface area contributed by atoms with Crippen LogP contribution in [0.15, 0.2) is 15.7 Å². The molecule has 0 aromatic carbocycles. The van der Waals surface area contributed by atoms with E-state index in [9.17, 15) is 19.5 Å². The van der Waals surface area contributed by atoms with E-state index < -0.39 is 17.4 Å². The first-order valence-electron chi connectivity index (χ1n) is 7.47. The highest BCUT2D eigenvalue weighted by Crippen LogP contribution is 2.13. The van der Waals surface area contributed by atoms with Crippen molar-refractivity contribution in [2.24, 2.45) is 0 Å². The number of hydrogen-bond donors (Lipinski definition) is 4. The molecule has 9 heteroatoms. The van der Waals surface area contributed by atoms with Crippen molar-refractivity contribution in [3.8, 4) is 0 Å². The number of aliphatic hydroxyl groups is 1. The zero-order valence-electron chi connectivity index (χ0n) is 13.0. The summed E-state index contributed by atoms with van der Waals surface area (Å²) in [6, 6.07) is 1.13. The Bertz CT molecular complexity index is 612. The van der Waals surface area contributed by atoms with Gasteiger partial charge in [-0.2, -0.15) is 0 Å². The molecule has 128 valence electrons. The van der Waals surface area contributed by atoms with Crippen LogP contribution in [0.2, 0.25) is 0 Å². The quantitative estimate of drug-likeness (QED) is 0.486. The average Bonchev–Trinajstić information content (AvgIpc) is 2.43. The van der Waals surface area contributed by atoms with Gasteiger partial charge in [0.25, 0.3) is 5.56 Å². The molecule has 2 rings (SSSR count). The van der Waals surface area contributed by atoms with Crippen molar-refractivity contribution in [1.82, 2.24) is 20.2 Å². The lowest BCUT2D eigenvalue weighted by Crippen LogP contribution is -2.52. The number of likely N-dealkylation sites (tertiary alicyclic amines) is 1. The minimum absolute atomic E-state index is 0.129. The number of carbonyl (C=O) groups excluding carboxylic acids is 1. The minimum Gasteiger partial charge on any atom is -0.392 e. The van der Waals surface area contributed by atoms with Crippen LogP contribution in [-0.4, -0.2) is 64.8 Å². The maximum absolute atomic E-state index is 11.7. The Morgan fingerprint density at radius 2 is 2.22 bits per heavy atom. The molecule has 1 amide bonds. The molecule has 1 aromatic heterocycles. The van der Waals surface area contributed by atoms with Crippen LogP contribution in [0.5, 0.6) is 0 Å². The third-order valence-corrected chi connectivity index (χ3v) is 3.61. The number of nitrogens with one attached hydrogen (secondary N) is 3. The molecule has 2 heterocycles. The van der Waals surface area contributed by atoms with Crippen LogP contribution < -0.4 is 16.6 Å². The number of aromatic nitrogens is 2. The van der Waals surface area contributed by atoms with E-state index in [1.54, 1.807) is 0 Å². The molecule has 1 aliphatic rings. The van der Waals surface area contributed by atoms with Crippen LogP contribution in [0.1, 0.15) is 18.5 Å². The predicted octanol–water partition coefficient (Wildman–Crippen LogP) is -1.85. The summed E-state index contributed by atoms with van der Waals surface area (Å²) in [6.07, 6.45) is 0.163.